The molecule has 0 unspecified atom stereocenters. The molecule has 2 aliphatic rings. The Kier molecular flexibility index (Phi) is 9.19. The highest BCUT2D eigenvalue weighted by atomic mass is 19.4. The second kappa shape index (κ2) is 11.7. The van der Waals surface area contributed by atoms with Gasteiger partial charge in [0, 0.05) is 0 Å². The second-order valence-electron chi connectivity index (χ2n) is 9.94. The molecule has 3 rings (SSSR count). The van der Waals surface area contributed by atoms with Crippen molar-refractivity contribution >= 4 is 0 Å². The van der Waals surface area contributed by atoms with Crippen LogP contribution in [0, 0.1) is 29.4 Å². The predicted molar refractivity (Wildman–Crippen MR) is 119 cm³/mol. The zero-order valence-electron chi connectivity index (χ0n) is 19.2. The molecule has 0 N–H and O–H groups in total. The zero-order chi connectivity index (χ0) is 23.1. The summed E-state index contributed by atoms with van der Waals surface area (Å²) in [4.78, 5) is 0. The van der Waals surface area contributed by atoms with E-state index in [0.717, 1.165) is 49.7 Å². The lowest BCUT2D eigenvalue weighted by molar-refractivity contribution is -0.142. The third kappa shape index (κ3) is 6.81. The maximum Gasteiger partial charge on any atom is 0.422 e. The Balaban J connectivity index is 1.43. The highest BCUT2D eigenvalue weighted by molar-refractivity contribution is 5.30. The standard InChI is InChI=1S/C27H37F5/c1-2-3-4-5-6-7-8-19-9-11-20(12-10-19)21-13-15-22(16-14-21)23-17-24(28)26(25(29)18-23)27(30,31)32/h4-5,17-22H,2-3,6-16H2,1H3. The Morgan fingerprint density at radius 2 is 1.34 bits per heavy atom. The number of unbranched alkanes of at least 4 members (excludes halogenated alkanes) is 2. The van der Waals surface area contributed by atoms with Gasteiger partial charge in [0.1, 0.15) is 17.2 Å². The number of alkyl halides is 3. The van der Waals surface area contributed by atoms with E-state index in [4.69, 9.17) is 0 Å². The van der Waals surface area contributed by atoms with E-state index in [1.807, 2.05) is 0 Å². The van der Waals surface area contributed by atoms with E-state index in [1.54, 1.807) is 0 Å². The molecule has 0 bridgehead atoms. The Morgan fingerprint density at radius 3 is 1.88 bits per heavy atom. The molecule has 180 valence electrons. The molecule has 0 heterocycles. The minimum Gasteiger partial charge on any atom is -0.206 e. The highest BCUT2D eigenvalue weighted by Crippen LogP contribution is 2.45. The topological polar surface area (TPSA) is 0 Å². The summed E-state index contributed by atoms with van der Waals surface area (Å²) in [5.41, 5.74) is -1.40. The van der Waals surface area contributed by atoms with Gasteiger partial charge in [0.25, 0.3) is 0 Å². The highest BCUT2D eigenvalue weighted by Gasteiger charge is 2.39. The number of allylic oxidation sites excluding steroid dienone is 2. The summed E-state index contributed by atoms with van der Waals surface area (Å²) in [6.07, 6.45) is 14.6. The Morgan fingerprint density at radius 1 is 0.812 bits per heavy atom. The Hall–Kier alpha value is -1.39. The third-order valence-electron chi connectivity index (χ3n) is 7.75. The monoisotopic (exact) mass is 456 g/mol. The van der Waals surface area contributed by atoms with Gasteiger partial charge in [-0.2, -0.15) is 13.2 Å². The molecular weight excluding hydrogens is 419 g/mol. The molecule has 0 amide bonds. The van der Waals surface area contributed by atoms with Crippen molar-refractivity contribution in [2.24, 2.45) is 17.8 Å². The molecule has 1 aromatic carbocycles. The zero-order valence-corrected chi connectivity index (χ0v) is 19.2. The van der Waals surface area contributed by atoms with Gasteiger partial charge >= 0.3 is 6.18 Å². The third-order valence-corrected chi connectivity index (χ3v) is 7.75. The van der Waals surface area contributed by atoms with Gasteiger partial charge < -0.3 is 0 Å². The van der Waals surface area contributed by atoms with Gasteiger partial charge in [0.15, 0.2) is 0 Å². The van der Waals surface area contributed by atoms with Gasteiger partial charge in [-0.25, -0.2) is 8.78 Å². The molecule has 0 aromatic heterocycles. The maximum absolute atomic E-state index is 14.0. The summed E-state index contributed by atoms with van der Waals surface area (Å²) in [5.74, 6) is -0.802. The Bertz CT molecular complexity index is 712. The summed E-state index contributed by atoms with van der Waals surface area (Å²) in [7, 11) is 0. The smallest absolute Gasteiger partial charge is 0.206 e. The molecule has 2 fully saturated rings. The number of rotatable bonds is 8. The van der Waals surface area contributed by atoms with Crippen LogP contribution in [0.3, 0.4) is 0 Å². The molecular formula is C27H37F5. The molecule has 0 aliphatic heterocycles. The second-order valence-corrected chi connectivity index (χ2v) is 9.94. The fourth-order valence-electron chi connectivity index (χ4n) is 5.90. The van der Waals surface area contributed by atoms with E-state index in [-0.39, 0.29) is 5.92 Å². The first kappa shape index (κ1) is 25.2. The minimum atomic E-state index is -5.01. The largest absolute Gasteiger partial charge is 0.422 e. The van der Waals surface area contributed by atoms with E-state index in [2.05, 4.69) is 19.1 Å². The summed E-state index contributed by atoms with van der Waals surface area (Å²) in [6, 6.07) is 1.80. The van der Waals surface area contributed by atoms with Crippen LogP contribution < -0.4 is 0 Å². The van der Waals surface area contributed by atoms with Crippen LogP contribution in [0.25, 0.3) is 0 Å². The number of hydrogen-bond acceptors (Lipinski definition) is 0. The minimum absolute atomic E-state index is 0.0466. The van der Waals surface area contributed by atoms with Gasteiger partial charge in [-0.1, -0.05) is 44.8 Å². The average Bonchev–Trinajstić information content (AvgIpc) is 2.75. The molecule has 0 nitrogen and oxygen atoms in total. The maximum atomic E-state index is 14.0. The molecule has 0 spiro atoms. The van der Waals surface area contributed by atoms with Crippen LogP contribution >= 0.6 is 0 Å². The summed E-state index contributed by atoms with van der Waals surface area (Å²) in [6.45, 7) is 2.20. The van der Waals surface area contributed by atoms with Crippen molar-refractivity contribution in [2.45, 2.75) is 102 Å². The van der Waals surface area contributed by atoms with Crippen LogP contribution in [-0.2, 0) is 6.18 Å². The number of benzene rings is 1. The van der Waals surface area contributed by atoms with Gasteiger partial charge in [0.05, 0.1) is 0 Å². The van der Waals surface area contributed by atoms with Crippen molar-refractivity contribution in [3.63, 3.8) is 0 Å². The first-order chi connectivity index (χ1) is 15.3. The molecule has 32 heavy (non-hydrogen) atoms. The van der Waals surface area contributed by atoms with Gasteiger partial charge in [-0.05, 0) is 99.2 Å². The lowest BCUT2D eigenvalue weighted by atomic mass is 9.68. The fraction of sp³-hybridized carbons (Fsp3) is 0.704. The molecule has 0 radical (unpaired) electrons. The lowest BCUT2D eigenvalue weighted by Crippen LogP contribution is -2.25. The van der Waals surface area contributed by atoms with Gasteiger partial charge in [-0.15, -0.1) is 0 Å². The van der Waals surface area contributed by atoms with Gasteiger partial charge in [0.2, 0.25) is 0 Å². The van der Waals surface area contributed by atoms with E-state index in [1.165, 1.54) is 57.8 Å². The van der Waals surface area contributed by atoms with Gasteiger partial charge in [-0.3, -0.25) is 0 Å². The molecule has 0 saturated heterocycles. The summed E-state index contributed by atoms with van der Waals surface area (Å²) in [5, 5.41) is 0. The molecule has 2 aliphatic carbocycles. The molecule has 1 aromatic rings. The van der Waals surface area contributed by atoms with E-state index < -0.39 is 23.4 Å². The van der Waals surface area contributed by atoms with E-state index in [9.17, 15) is 22.0 Å². The van der Waals surface area contributed by atoms with Crippen molar-refractivity contribution in [1.29, 1.82) is 0 Å². The van der Waals surface area contributed by atoms with E-state index in [0.29, 0.717) is 11.5 Å². The van der Waals surface area contributed by atoms with Crippen molar-refractivity contribution in [3.8, 4) is 0 Å². The molecule has 5 heteroatoms. The van der Waals surface area contributed by atoms with Crippen LogP contribution in [0.5, 0.6) is 0 Å². The summed E-state index contributed by atoms with van der Waals surface area (Å²) < 4.78 is 66.4. The molecule has 0 atom stereocenters. The SMILES string of the molecule is CCCC=CCCCC1CCC(C2CCC(c3cc(F)c(C(F)(F)F)c(F)c3)CC2)CC1. The van der Waals surface area contributed by atoms with Crippen LogP contribution in [0.4, 0.5) is 22.0 Å². The Labute approximate surface area is 189 Å². The lowest BCUT2D eigenvalue weighted by Gasteiger charge is -2.38. The summed E-state index contributed by atoms with van der Waals surface area (Å²) >= 11 is 0. The fourth-order valence-corrected chi connectivity index (χ4v) is 5.90. The normalized spacial score (nSPS) is 27.2. The average molecular weight is 457 g/mol. The first-order valence-electron chi connectivity index (χ1n) is 12.5. The van der Waals surface area contributed by atoms with Crippen LogP contribution in [0.1, 0.15) is 107 Å². The van der Waals surface area contributed by atoms with Crippen molar-refractivity contribution < 1.29 is 22.0 Å². The van der Waals surface area contributed by atoms with Crippen molar-refractivity contribution in [2.75, 3.05) is 0 Å². The number of hydrogen-bond donors (Lipinski definition) is 0. The van der Waals surface area contributed by atoms with E-state index >= 15 is 0 Å². The first-order valence-corrected chi connectivity index (χ1v) is 12.5. The van der Waals surface area contributed by atoms with Crippen LogP contribution in [0.15, 0.2) is 24.3 Å². The predicted octanol–water partition coefficient (Wildman–Crippen LogP) is 9.59. The van der Waals surface area contributed by atoms with Crippen molar-refractivity contribution in [1.82, 2.24) is 0 Å². The quantitative estimate of drug-likeness (QED) is 0.207. The van der Waals surface area contributed by atoms with Crippen molar-refractivity contribution in [3.05, 3.63) is 47.0 Å². The number of halogens is 5. The van der Waals surface area contributed by atoms with Crippen LogP contribution in [0.2, 0.25) is 0 Å². The molecule has 2 saturated carbocycles. The van der Waals surface area contributed by atoms with Crippen LogP contribution in [-0.4, -0.2) is 0 Å².